The van der Waals surface area contributed by atoms with Crippen molar-refractivity contribution in [1.82, 2.24) is 15.2 Å². The Morgan fingerprint density at radius 2 is 2.19 bits per heavy atom. The average molecular weight is 238 g/mol. The van der Waals surface area contributed by atoms with Gasteiger partial charge in [-0.05, 0) is 18.9 Å². The van der Waals surface area contributed by atoms with Gasteiger partial charge in [-0.3, -0.25) is 5.10 Å². The molecule has 0 unspecified atom stereocenters. The third kappa shape index (κ3) is 1.28. The zero-order chi connectivity index (χ0) is 11.3. The molecule has 2 aromatic rings. The van der Waals surface area contributed by atoms with Crippen LogP contribution in [0, 0.1) is 0 Å². The van der Waals surface area contributed by atoms with Crippen LogP contribution in [0.25, 0.3) is 11.0 Å². The molecule has 3 rings (SSSR count). The van der Waals surface area contributed by atoms with Gasteiger partial charge in [-0.15, -0.1) is 0 Å². The second kappa shape index (κ2) is 2.94. The van der Waals surface area contributed by atoms with E-state index in [1.165, 1.54) is 12.3 Å². The van der Waals surface area contributed by atoms with E-state index in [9.17, 15) is 8.42 Å². The lowest BCUT2D eigenvalue weighted by Crippen LogP contribution is -2.08. The van der Waals surface area contributed by atoms with Crippen molar-refractivity contribution < 1.29 is 8.42 Å². The van der Waals surface area contributed by atoms with Gasteiger partial charge in [-0.25, -0.2) is 13.4 Å². The number of rotatable bonds is 2. The van der Waals surface area contributed by atoms with Crippen LogP contribution >= 0.6 is 0 Å². The number of H-pyrrole nitrogens is 1. The van der Waals surface area contributed by atoms with Crippen LogP contribution in [0.3, 0.4) is 0 Å². The second-order valence-electron chi connectivity index (χ2n) is 3.92. The van der Waals surface area contributed by atoms with Gasteiger partial charge in [0.15, 0.2) is 15.5 Å². The molecule has 0 bridgehead atoms. The number of nitrogen functional groups attached to an aromatic ring is 1. The van der Waals surface area contributed by atoms with Crippen molar-refractivity contribution in [2.75, 3.05) is 5.73 Å². The summed E-state index contributed by atoms with van der Waals surface area (Å²) in [5.41, 5.74) is 5.99. The molecule has 3 N–H and O–H groups in total. The van der Waals surface area contributed by atoms with Crippen molar-refractivity contribution in [2.24, 2.45) is 0 Å². The van der Waals surface area contributed by atoms with Crippen LogP contribution in [0.5, 0.6) is 0 Å². The van der Waals surface area contributed by atoms with Crippen molar-refractivity contribution in [3.05, 3.63) is 12.3 Å². The predicted octanol–water partition coefficient (Wildman–Crippen LogP) is 0.476. The summed E-state index contributed by atoms with van der Waals surface area (Å²) in [7, 11) is -3.26. The van der Waals surface area contributed by atoms with E-state index in [4.69, 9.17) is 5.73 Å². The first kappa shape index (κ1) is 9.59. The smallest absolute Gasteiger partial charge is 0.182 e. The van der Waals surface area contributed by atoms with E-state index < -0.39 is 9.84 Å². The molecular weight excluding hydrogens is 228 g/mol. The molecule has 0 radical (unpaired) electrons. The molecular formula is C9H10N4O2S. The van der Waals surface area contributed by atoms with Gasteiger partial charge in [0.1, 0.15) is 5.82 Å². The van der Waals surface area contributed by atoms with E-state index in [1.54, 1.807) is 0 Å². The Hall–Kier alpha value is -1.63. The minimum absolute atomic E-state index is 0.191. The summed E-state index contributed by atoms with van der Waals surface area (Å²) < 4.78 is 24.3. The van der Waals surface area contributed by atoms with Crippen LogP contribution in [0.1, 0.15) is 12.8 Å². The van der Waals surface area contributed by atoms with Crippen molar-refractivity contribution in [3.8, 4) is 0 Å². The number of nitrogens with zero attached hydrogens (tertiary/aromatic N) is 2. The lowest BCUT2D eigenvalue weighted by molar-refractivity contribution is 0.595. The zero-order valence-corrected chi connectivity index (χ0v) is 9.16. The Labute approximate surface area is 91.8 Å². The molecule has 16 heavy (non-hydrogen) atoms. The number of fused-ring (bicyclic) bond motifs is 1. The Morgan fingerprint density at radius 1 is 1.44 bits per heavy atom. The molecule has 1 aliphatic rings. The highest BCUT2D eigenvalue weighted by molar-refractivity contribution is 7.92. The molecule has 2 aromatic heterocycles. The van der Waals surface area contributed by atoms with Gasteiger partial charge in [-0.2, -0.15) is 5.10 Å². The number of aromatic nitrogens is 3. The van der Waals surface area contributed by atoms with Crippen LogP contribution in [0.15, 0.2) is 17.2 Å². The molecule has 7 heteroatoms. The normalized spacial score (nSPS) is 16.8. The molecule has 1 fully saturated rings. The number of nitrogens with two attached hydrogens (primary N) is 1. The largest absolute Gasteiger partial charge is 0.384 e. The highest BCUT2D eigenvalue weighted by Crippen LogP contribution is 2.36. The third-order valence-electron chi connectivity index (χ3n) is 2.67. The molecule has 0 aliphatic heterocycles. The number of anilines is 1. The fourth-order valence-corrected chi connectivity index (χ4v) is 3.57. The van der Waals surface area contributed by atoms with E-state index in [0.29, 0.717) is 11.0 Å². The Kier molecular flexibility index (Phi) is 1.76. The third-order valence-corrected chi connectivity index (χ3v) is 4.97. The molecule has 84 valence electrons. The number of sulfone groups is 1. The molecule has 0 saturated heterocycles. The lowest BCUT2D eigenvalue weighted by Gasteiger charge is -2.04. The fourth-order valence-electron chi connectivity index (χ4n) is 1.71. The van der Waals surface area contributed by atoms with E-state index >= 15 is 0 Å². The van der Waals surface area contributed by atoms with Crippen LogP contribution in [0.4, 0.5) is 5.82 Å². The first-order chi connectivity index (χ1) is 7.59. The maximum absolute atomic E-state index is 12.1. The van der Waals surface area contributed by atoms with Gasteiger partial charge in [0.25, 0.3) is 0 Å². The summed E-state index contributed by atoms with van der Waals surface area (Å²) in [5, 5.41) is 6.67. The quantitative estimate of drug-likeness (QED) is 0.792. The number of hydrogen-bond donors (Lipinski definition) is 2. The Balaban J connectivity index is 2.33. The molecule has 1 aliphatic carbocycles. The molecule has 0 aromatic carbocycles. The molecule has 0 amide bonds. The summed E-state index contributed by atoms with van der Waals surface area (Å²) in [6.45, 7) is 0. The summed E-state index contributed by atoms with van der Waals surface area (Å²) in [6.07, 6.45) is 2.92. The SMILES string of the molecule is Nc1cc(S(=O)(=O)C2CC2)c2cn[nH]c2n1. The van der Waals surface area contributed by atoms with E-state index in [0.717, 1.165) is 12.8 Å². The number of aromatic amines is 1. The van der Waals surface area contributed by atoms with Gasteiger partial charge >= 0.3 is 0 Å². The maximum atomic E-state index is 12.1. The van der Waals surface area contributed by atoms with Gasteiger partial charge < -0.3 is 5.73 Å². The number of pyridine rings is 1. The number of hydrogen-bond acceptors (Lipinski definition) is 5. The highest BCUT2D eigenvalue weighted by Gasteiger charge is 2.38. The summed E-state index contributed by atoms with van der Waals surface area (Å²) in [4.78, 5) is 4.23. The molecule has 1 saturated carbocycles. The molecule has 6 nitrogen and oxygen atoms in total. The summed E-state index contributed by atoms with van der Waals surface area (Å²) in [5.74, 6) is 0.191. The first-order valence-electron chi connectivity index (χ1n) is 4.92. The van der Waals surface area contributed by atoms with Crippen LogP contribution in [-0.4, -0.2) is 28.8 Å². The van der Waals surface area contributed by atoms with Crippen molar-refractivity contribution in [1.29, 1.82) is 0 Å². The predicted molar refractivity (Wildman–Crippen MR) is 58.5 cm³/mol. The fraction of sp³-hybridized carbons (Fsp3) is 0.333. The Bertz CT molecular complexity index is 657. The van der Waals surface area contributed by atoms with E-state index in [-0.39, 0.29) is 16.0 Å². The van der Waals surface area contributed by atoms with Crippen molar-refractivity contribution in [3.63, 3.8) is 0 Å². The van der Waals surface area contributed by atoms with Gasteiger partial charge in [0.2, 0.25) is 0 Å². The molecule has 0 spiro atoms. The monoisotopic (exact) mass is 238 g/mol. The van der Waals surface area contributed by atoms with E-state index in [1.807, 2.05) is 0 Å². The maximum Gasteiger partial charge on any atom is 0.182 e. The van der Waals surface area contributed by atoms with Crippen molar-refractivity contribution >= 4 is 26.7 Å². The van der Waals surface area contributed by atoms with Crippen LogP contribution in [-0.2, 0) is 9.84 Å². The van der Waals surface area contributed by atoms with Crippen molar-refractivity contribution in [2.45, 2.75) is 23.0 Å². The summed E-state index contributed by atoms with van der Waals surface area (Å²) in [6, 6.07) is 1.41. The minimum atomic E-state index is -3.26. The van der Waals surface area contributed by atoms with E-state index in [2.05, 4.69) is 15.2 Å². The molecule has 2 heterocycles. The van der Waals surface area contributed by atoms with Gasteiger partial charge in [-0.1, -0.05) is 0 Å². The standard InChI is InChI=1S/C9H10N4O2S/c10-8-3-7(16(14,15)5-1-2-5)6-4-11-13-9(6)12-8/h3-5H,1-2H2,(H3,10,11,12,13). The van der Waals surface area contributed by atoms with Crippen LogP contribution < -0.4 is 5.73 Å². The van der Waals surface area contributed by atoms with Gasteiger partial charge in [0, 0.05) is 0 Å². The zero-order valence-electron chi connectivity index (χ0n) is 8.34. The second-order valence-corrected chi connectivity index (χ2v) is 6.12. The lowest BCUT2D eigenvalue weighted by atomic mass is 10.3. The molecule has 0 atom stereocenters. The highest BCUT2D eigenvalue weighted by atomic mass is 32.2. The Morgan fingerprint density at radius 3 is 2.88 bits per heavy atom. The summed E-state index contributed by atoms with van der Waals surface area (Å²) >= 11 is 0. The van der Waals surface area contributed by atoms with Crippen LogP contribution in [0.2, 0.25) is 0 Å². The average Bonchev–Trinajstić information content (AvgIpc) is 2.98. The topological polar surface area (TPSA) is 102 Å². The number of nitrogens with one attached hydrogen (secondary N) is 1. The van der Waals surface area contributed by atoms with Gasteiger partial charge in [0.05, 0.1) is 21.7 Å². The minimum Gasteiger partial charge on any atom is -0.384 e. The first-order valence-corrected chi connectivity index (χ1v) is 6.47.